The average Bonchev–Trinajstić information content (AvgIpc) is 3.06. The van der Waals surface area contributed by atoms with Crippen molar-refractivity contribution in [2.75, 3.05) is 23.0 Å². The molecule has 6 heterocycles. The Hall–Kier alpha value is -8.19. The lowest BCUT2D eigenvalue weighted by Crippen LogP contribution is -2.35. The molecule has 0 saturated carbocycles. The summed E-state index contributed by atoms with van der Waals surface area (Å²) < 4.78 is 84.9. The number of nitrogens with zero attached hydrogens (tertiary/aromatic N) is 6. The zero-order valence-electron chi connectivity index (χ0n) is 44.1. The van der Waals surface area contributed by atoms with Gasteiger partial charge in [-0.05, 0) is 62.8 Å². The van der Waals surface area contributed by atoms with Gasteiger partial charge < -0.3 is 32.9 Å². The van der Waals surface area contributed by atoms with Crippen LogP contribution in [0.4, 0.5) is 5.69 Å². The number of rotatable bonds is 25. The van der Waals surface area contributed by atoms with Crippen molar-refractivity contribution in [2.24, 2.45) is 0 Å². The molecule has 3 aliphatic heterocycles. The Morgan fingerprint density at radius 3 is 1.68 bits per heavy atom. The standard InChI is InChI=1S/C57H58N6O16S2/c64-50-24-25-51(65)62(50)78-56(68)22-6-2-12-28-60-46-34-40-38-16-8-10-18-42(38)58(30-14-32-80(70,71)72)44(40)36-48(46)76-54(60)20-4-1-5-21-55-61(29-13-3-7-23-57(69)79-63-52(66)26-27-53(63)67)47-35-41-39-17-9-11-19-43(39)59(31-15-33-81(73,74)75)45(41)37-49(47)77-55/h1,4-5,8-11,16-21,34-37H,2-3,6-7,12-15,22-33H2,(H-,70,71,72,73,74,75)/p+1. The third-order valence-corrected chi connectivity index (χ3v) is 16.0. The number of carbonyl (C=O) groups excluding carboxylic acids is 6. The number of fused-ring (bicyclic) bond motifs is 8. The second kappa shape index (κ2) is 23.9. The van der Waals surface area contributed by atoms with E-state index in [1.807, 2.05) is 122 Å². The molecular weight excluding hydrogens is 1090 g/mol. The first-order chi connectivity index (χ1) is 38.9. The van der Waals surface area contributed by atoms with Gasteiger partial charge in [0.15, 0.2) is 12.3 Å². The minimum absolute atomic E-state index is 0.00267. The SMILES string of the molecule is O=C(CCCCCN1/C(=C/C=C/C=C/c2oc3cc4c(cc3[n+]2CCCCCC(=O)ON2C(=O)CCC2=O)c2ccccc2n4CCCS(=O)(=O)O)Oc2cc3c(cc21)c1ccccc1n3CCCS(=O)(=O)O)ON1C(=O)CCC1=O. The lowest BCUT2D eigenvalue weighted by atomic mass is 10.1. The molecule has 2 fully saturated rings. The Morgan fingerprint density at radius 2 is 1.11 bits per heavy atom. The molecule has 0 aliphatic carbocycles. The number of hydrogen-bond acceptors (Lipinski definition) is 15. The quantitative estimate of drug-likeness (QED) is 0.0180. The Kier molecular flexibility index (Phi) is 16.5. The molecule has 4 amide bonds. The van der Waals surface area contributed by atoms with Crippen LogP contribution in [0.25, 0.3) is 60.8 Å². The number of benzene rings is 4. The Bertz CT molecular complexity index is 3970. The summed E-state index contributed by atoms with van der Waals surface area (Å²) >= 11 is 0. The predicted molar refractivity (Wildman–Crippen MR) is 296 cm³/mol. The second-order valence-electron chi connectivity index (χ2n) is 20.1. The van der Waals surface area contributed by atoms with E-state index in [-0.39, 0.29) is 51.4 Å². The van der Waals surface area contributed by atoms with Crippen LogP contribution in [0.5, 0.6) is 5.75 Å². The molecule has 22 nitrogen and oxygen atoms in total. The van der Waals surface area contributed by atoms with E-state index in [4.69, 9.17) is 18.8 Å². The van der Waals surface area contributed by atoms with Crippen LogP contribution in [0, 0.1) is 0 Å². The van der Waals surface area contributed by atoms with Crippen LogP contribution in [0.1, 0.15) is 95.8 Å². The van der Waals surface area contributed by atoms with Crippen LogP contribution < -0.4 is 14.2 Å². The van der Waals surface area contributed by atoms with Crippen molar-refractivity contribution in [2.45, 2.75) is 110 Å². The minimum atomic E-state index is -4.18. The summed E-state index contributed by atoms with van der Waals surface area (Å²) in [6, 6.07) is 23.5. The molecule has 0 spiro atoms. The molecule has 81 heavy (non-hydrogen) atoms. The third-order valence-electron chi connectivity index (χ3n) is 14.4. The van der Waals surface area contributed by atoms with Crippen molar-refractivity contribution < 1.29 is 78.1 Å². The number of ether oxygens (including phenoxy) is 1. The third kappa shape index (κ3) is 12.7. The van der Waals surface area contributed by atoms with E-state index in [1.54, 1.807) is 0 Å². The first-order valence-electron chi connectivity index (χ1n) is 26.9. The lowest BCUT2D eigenvalue weighted by Gasteiger charge is -2.18. The fourth-order valence-corrected chi connectivity index (χ4v) is 11.7. The second-order valence-corrected chi connectivity index (χ2v) is 23.2. The summed E-state index contributed by atoms with van der Waals surface area (Å²) in [5.74, 6) is -2.74. The van der Waals surface area contributed by atoms with Crippen LogP contribution in [0.3, 0.4) is 0 Å². The molecule has 24 heteroatoms. The maximum Gasteiger partial charge on any atom is 0.374 e. The highest BCUT2D eigenvalue weighted by Crippen LogP contribution is 2.45. The van der Waals surface area contributed by atoms with Gasteiger partial charge in [0, 0.05) is 115 Å². The van der Waals surface area contributed by atoms with Gasteiger partial charge in [-0.3, -0.25) is 28.3 Å². The first-order valence-corrected chi connectivity index (χ1v) is 30.1. The average molecular weight is 1150 g/mol. The highest BCUT2D eigenvalue weighted by molar-refractivity contribution is 7.86. The number of hydrogen-bond donors (Lipinski definition) is 2. The molecule has 3 aromatic heterocycles. The van der Waals surface area contributed by atoms with Gasteiger partial charge in [0.1, 0.15) is 0 Å². The topological polar surface area (TPSA) is 275 Å². The highest BCUT2D eigenvalue weighted by Gasteiger charge is 2.34. The number of aryl methyl sites for hydroxylation is 3. The largest absolute Gasteiger partial charge is 0.439 e. The molecule has 10 rings (SSSR count). The van der Waals surface area contributed by atoms with Crippen LogP contribution >= 0.6 is 0 Å². The molecule has 2 N–H and O–H groups in total. The van der Waals surface area contributed by atoms with Crippen molar-refractivity contribution in [3.8, 4) is 5.75 Å². The van der Waals surface area contributed by atoms with Gasteiger partial charge in [-0.1, -0.05) is 61.0 Å². The smallest absolute Gasteiger partial charge is 0.374 e. The number of amides is 4. The number of para-hydroxylation sites is 2. The zero-order valence-corrected chi connectivity index (χ0v) is 45.7. The molecule has 2 saturated heterocycles. The monoisotopic (exact) mass is 1150 g/mol. The van der Waals surface area contributed by atoms with Crippen molar-refractivity contribution in [3.05, 3.63) is 109 Å². The van der Waals surface area contributed by atoms with Crippen molar-refractivity contribution >= 4 is 122 Å². The van der Waals surface area contributed by atoms with Crippen LogP contribution in [0.15, 0.2) is 107 Å². The molecular formula is C57H59N6O16S2+. The molecule has 4 aromatic carbocycles. The fourth-order valence-electron chi connectivity index (χ4n) is 10.7. The summed E-state index contributed by atoms with van der Waals surface area (Å²) in [6.07, 6.45) is 12.7. The maximum absolute atomic E-state index is 12.6. The van der Waals surface area contributed by atoms with Crippen molar-refractivity contribution in [3.63, 3.8) is 0 Å². The van der Waals surface area contributed by atoms with E-state index >= 15 is 0 Å². The van der Waals surface area contributed by atoms with E-state index in [2.05, 4.69) is 0 Å². The van der Waals surface area contributed by atoms with Crippen molar-refractivity contribution in [1.82, 2.24) is 19.3 Å². The Balaban J connectivity index is 0.912. The minimum Gasteiger partial charge on any atom is -0.439 e. The zero-order chi connectivity index (χ0) is 57.0. The van der Waals surface area contributed by atoms with E-state index in [1.165, 1.54) is 0 Å². The molecule has 0 unspecified atom stereocenters. The Morgan fingerprint density at radius 1 is 0.580 bits per heavy atom. The first kappa shape index (κ1) is 56.1. The number of anilines is 1. The number of oxazole rings is 1. The molecule has 7 aromatic rings. The predicted octanol–water partition coefficient (Wildman–Crippen LogP) is 8.14. The van der Waals surface area contributed by atoms with Gasteiger partial charge in [0.25, 0.3) is 49.4 Å². The van der Waals surface area contributed by atoms with E-state index in [0.29, 0.717) is 97.9 Å². The van der Waals surface area contributed by atoms with Gasteiger partial charge in [0.2, 0.25) is 11.5 Å². The van der Waals surface area contributed by atoms with E-state index < -0.39 is 67.3 Å². The maximum atomic E-state index is 12.6. The molecule has 3 aliphatic rings. The number of imide groups is 2. The summed E-state index contributed by atoms with van der Waals surface area (Å²) in [6.45, 7) is 1.58. The normalized spacial score (nSPS) is 15.7. The van der Waals surface area contributed by atoms with Crippen LogP contribution in [-0.2, 0) is 78.3 Å². The van der Waals surface area contributed by atoms with Crippen LogP contribution in [-0.4, -0.2) is 98.8 Å². The van der Waals surface area contributed by atoms with Gasteiger partial charge >= 0.3 is 17.8 Å². The molecule has 424 valence electrons. The summed E-state index contributed by atoms with van der Waals surface area (Å²) in [5.41, 5.74) is 5.53. The number of hydroxylamine groups is 4. The van der Waals surface area contributed by atoms with Crippen molar-refractivity contribution in [1.29, 1.82) is 0 Å². The van der Waals surface area contributed by atoms with Gasteiger partial charge in [-0.15, -0.1) is 10.1 Å². The summed E-state index contributed by atoms with van der Waals surface area (Å²) in [5, 5.41) is 4.79. The number of allylic oxidation sites excluding steroid dienone is 4. The Labute approximate surface area is 464 Å². The van der Waals surface area contributed by atoms with Gasteiger partial charge in [-0.2, -0.15) is 21.4 Å². The number of unbranched alkanes of at least 4 members (excludes halogenated alkanes) is 4. The van der Waals surface area contributed by atoms with Crippen LogP contribution in [0.2, 0.25) is 0 Å². The lowest BCUT2D eigenvalue weighted by molar-refractivity contribution is -0.678. The number of aromatic nitrogens is 3. The van der Waals surface area contributed by atoms with E-state index in [9.17, 15) is 54.7 Å². The van der Waals surface area contributed by atoms with E-state index in [0.717, 1.165) is 54.8 Å². The molecule has 0 bridgehead atoms. The summed E-state index contributed by atoms with van der Waals surface area (Å²) in [7, 11) is -8.36. The molecule has 0 atom stereocenters. The highest BCUT2D eigenvalue weighted by atomic mass is 32.2. The molecule has 0 radical (unpaired) electrons. The van der Waals surface area contributed by atoms with Gasteiger partial charge in [0.05, 0.1) is 34.3 Å². The summed E-state index contributed by atoms with van der Waals surface area (Å²) in [4.78, 5) is 85.2. The van der Waals surface area contributed by atoms with Gasteiger partial charge in [-0.25, -0.2) is 9.59 Å². The number of carbonyl (C=O) groups is 6. The fraction of sp³-hybridized carbons (Fsp3) is 0.351.